The van der Waals surface area contributed by atoms with Gasteiger partial charge in [-0.3, -0.25) is 4.99 Å². The maximum absolute atomic E-state index is 12.4. The van der Waals surface area contributed by atoms with Crippen LogP contribution < -0.4 is 10.0 Å². The molecule has 0 bridgehead atoms. The first-order valence-corrected chi connectivity index (χ1v) is 12.0. The lowest BCUT2D eigenvalue weighted by Crippen LogP contribution is -2.48. The van der Waals surface area contributed by atoms with E-state index >= 15 is 0 Å². The molecule has 1 aliphatic heterocycles. The van der Waals surface area contributed by atoms with Gasteiger partial charge in [-0.25, -0.2) is 13.1 Å². The highest BCUT2D eigenvalue weighted by Gasteiger charge is 2.24. The van der Waals surface area contributed by atoms with E-state index < -0.39 is 10.0 Å². The number of hydrogen-bond donors (Lipinski definition) is 2. The number of benzene rings is 1. The van der Waals surface area contributed by atoms with E-state index in [2.05, 4.69) is 33.8 Å². The molecule has 0 spiro atoms. The first-order valence-electron chi connectivity index (χ1n) is 9.52. The van der Waals surface area contributed by atoms with E-state index in [-0.39, 0.29) is 35.4 Å². The van der Waals surface area contributed by atoms with Gasteiger partial charge in [-0.05, 0) is 23.6 Å². The maximum atomic E-state index is 12.4. The number of sulfonamides is 1. The van der Waals surface area contributed by atoms with E-state index in [9.17, 15) is 8.42 Å². The molecule has 1 heterocycles. The van der Waals surface area contributed by atoms with Crippen LogP contribution in [0.5, 0.6) is 0 Å². The minimum absolute atomic E-state index is 0. The highest BCUT2D eigenvalue weighted by molar-refractivity contribution is 14.0. The summed E-state index contributed by atoms with van der Waals surface area (Å²) in [5.74, 6) is 2.57. The van der Waals surface area contributed by atoms with E-state index in [1.165, 1.54) is 7.11 Å². The fourth-order valence-electron chi connectivity index (χ4n) is 2.97. The van der Waals surface area contributed by atoms with Crippen molar-refractivity contribution in [3.8, 4) is 0 Å². The molecule has 0 saturated carbocycles. The molecule has 1 atom stereocenters. The molecule has 10 heteroatoms. The third kappa shape index (κ3) is 8.23. The van der Waals surface area contributed by atoms with E-state index in [4.69, 9.17) is 4.74 Å². The van der Waals surface area contributed by atoms with Crippen molar-refractivity contribution in [3.05, 3.63) is 29.8 Å². The molecule has 7 nitrogen and oxygen atoms in total. The van der Waals surface area contributed by atoms with Gasteiger partial charge >= 0.3 is 0 Å². The number of ether oxygens (including phenoxy) is 1. The van der Waals surface area contributed by atoms with Gasteiger partial charge in [0, 0.05) is 51.3 Å². The fourth-order valence-corrected chi connectivity index (χ4v) is 5.35. The van der Waals surface area contributed by atoms with E-state index in [0.717, 1.165) is 30.4 Å². The van der Waals surface area contributed by atoms with Crippen molar-refractivity contribution in [3.63, 3.8) is 0 Å². The van der Waals surface area contributed by atoms with Crippen LogP contribution >= 0.6 is 35.7 Å². The summed E-state index contributed by atoms with van der Waals surface area (Å²) >= 11 is 2.02. The van der Waals surface area contributed by atoms with Crippen molar-refractivity contribution in [1.82, 2.24) is 14.9 Å². The van der Waals surface area contributed by atoms with Gasteiger partial charge < -0.3 is 15.0 Å². The Bertz CT molecular complexity index is 760. The van der Waals surface area contributed by atoms with Crippen molar-refractivity contribution < 1.29 is 13.2 Å². The molecule has 2 N–H and O–H groups in total. The molecule has 1 fully saturated rings. The summed E-state index contributed by atoms with van der Waals surface area (Å²) in [5, 5.41) is 3.97. The summed E-state index contributed by atoms with van der Waals surface area (Å²) in [6, 6.07) is 6.97. The number of hydrogen-bond acceptors (Lipinski definition) is 5. The number of thioether (sulfide) groups is 1. The van der Waals surface area contributed by atoms with Gasteiger partial charge in [0.1, 0.15) is 0 Å². The Kier molecular flexibility index (Phi) is 11.9. The summed E-state index contributed by atoms with van der Waals surface area (Å²) in [6.07, 6.45) is 0. The normalized spacial score (nSPS) is 17.9. The van der Waals surface area contributed by atoms with Crippen molar-refractivity contribution in [2.45, 2.75) is 30.5 Å². The molecule has 1 unspecified atom stereocenters. The molecule has 29 heavy (non-hydrogen) atoms. The number of methoxy groups -OCH3 is 1. The van der Waals surface area contributed by atoms with Crippen LogP contribution in [-0.4, -0.2) is 70.7 Å². The third-order valence-corrected chi connectivity index (χ3v) is 7.60. The van der Waals surface area contributed by atoms with Gasteiger partial charge in [-0.2, -0.15) is 11.8 Å². The molecule has 1 aromatic rings. The first-order chi connectivity index (χ1) is 13.4. The van der Waals surface area contributed by atoms with E-state index in [0.29, 0.717) is 24.3 Å². The minimum Gasteiger partial charge on any atom is -0.383 e. The molecule has 1 aliphatic rings. The zero-order valence-corrected chi connectivity index (χ0v) is 21.5. The van der Waals surface area contributed by atoms with Crippen molar-refractivity contribution in [1.29, 1.82) is 0 Å². The molecular formula is C19H33IN4O3S2. The minimum atomic E-state index is -3.54. The SMILES string of the molecule is CN=C(NCc1cccc(S(=O)(=O)NCCOC)c1)N1CCSC(C(C)C)C1.I. The lowest BCUT2D eigenvalue weighted by molar-refractivity contribution is 0.204. The predicted octanol–water partition coefficient (Wildman–Crippen LogP) is 2.38. The average molecular weight is 557 g/mol. The maximum Gasteiger partial charge on any atom is 0.240 e. The lowest BCUT2D eigenvalue weighted by atomic mass is 10.1. The third-order valence-electron chi connectivity index (χ3n) is 4.61. The summed E-state index contributed by atoms with van der Waals surface area (Å²) in [7, 11) is -0.211. The number of aliphatic imine (C=N–C) groups is 1. The summed E-state index contributed by atoms with van der Waals surface area (Å²) < 4.78 is 32.2. The van der Waals surface area contributed by atoms with Gasteiger partial charge in [0.25, 0.3) is 0 Å². The zero-order chi connectivity index (χ0) is 20.6. The van der Waals surface area contributed by atoms with Crippen LogP contribution in [0.1, 0.15) is 19.4 Å². The number of halogens is 1. The fraction of sp³-hybridized carbons (Fsp3) is 0.632. The van der Waals surface area contributed by atoms with E-state index in [1.54, 1.807) is 25.2 Å². The Labute approximate surface area is 196 Å². The van der Waals surface area contributed by atoms with Crippen molar-refractivity contribution in [2.24, 2.45) is 10.9 Å². The van der Waals surface area contributed by atoms with Gasteiger partial charge in [0.2, 0.25) is 10.0 Å². The molecule has 1 saturated heterocycles. The highest BCUT2D eigenvalue weighted by Crippen LogP contribution is 2.24. The topological polar surface area (TPSA) is 83.0 Å². The molecule has 1 aromatic carbocycles. The number of nitrogens with one attached hydrogen (secondary N) is 2. The molecule has 0 aromatic heterocycles. The standard InChI is InChI=1S/C19H32N4O3S2.HI/c1-15(2)18-14-23(9-11-27-18)19(20-3)21-13-16-6-5-7-17(12-16)28(24,25)22-8-10-26-4;/h5-7,12,15,18,22H,8-11,13-14H2,1-4H3,(H,20,21);1H. The van der Waals surface area contributed by atoms with Crippen molar-refractivity contribution >= 4 is 51.7 Å². The summed E-state index contributed by atoms with van der Waals surface area (Å²) in [6.45, 7) is 7.55. The van der Waals surface area contributed by atoms with Gasteiger partial charge in [0.05, 0.1) is 11.5 Å². The smallest absolute Gasteiger partial charge is 0.240 e. The second-order valence-electron chi connectivity index (χ2n) is 7.04. The highest BCUT2D eigenvalue weighted by atomic mass is 127. The van der Waals surface area contributed by atoms with Crippen LogP contribution in [0.2, 0.25) is 0 Å². The largest absolute Gasteiger partial charge is 0.383 e. The van der Waals surface area contributed by atoms with Crippen LogP contribution in [0.3, 0.4) is 0 Å². The zero-order valence-electron chi connectivity index (χ0n) is 17.6. The Hall–Kier alpha value is -0.560. The molecular weight excluding hydrogens is 523 g/mol. The molecule has 0 aliphatic carbocycles. The second-order valence-corrected chi connectivity index (χ2v) is 10.2. The molecule has 2 rings (SSSR count). The summed E-state index contributed by atoms with van der Waals surface area (Å²) in [5.41, 5.74) is 0.891. The first kappa shape index (κ1) is 26.5. The van der Waals surface area contributed by atoms with Crippen LogP contribution in [0.25, 0.3) is 0 Å². The summed E-state index contributed by atoms with van der Waals surface area (Å²) in [4.78, 5) is 6.96. The predicted molar refractivity (Wildman–Crippen MR) is 132 cm³/mol. The number of rotatable bonds is 8. The van der Waals surface area contributed by atoms with Crippen LogP contribution in [0.4, 0.5) is 0 Å². The molecule has 0 radical (unpaired) electrons. The average Bonchev–Trinajstić information content (AvgIpc) is 2.69. The van der Waals surface area contributed by atoms with Crippen LogP contribution in [-0.2, 0) is 21.3 Å². The van der Waals surface area contributed by atoms with Crippen molar-refractivity contribution in [2.75, 3.05) is 46.2 Å². The van der Waals surface area contributed by atoms with E-state index in [1.807, 2.05) is 17.8 Å². The molecule has 0 amide bonds. The monoisotopic (exact) mass is 556 g/mol. The lowest BCUT2D eigenvalue weighted by Gasteiger charge is -2.36. The Morgan fingerprint density at radius 3 is 2.83 bits per heavy atom. The van der Waals surface area contributed by atoms with Crippen LogP contribution in [0, 0.1) is 5.92 Å². The Balaban J connectivity index is 0.00000420. The van der Waals surface area contributed by atoms with Gasteiger partial charge in [0.15, 0.2) is 5.96 Å². The number of nitrogens with zero attached hydrogens (tertiary/aromatic N) is 2. The Morgan fingerprint density at radius 2 is 2.17 bits per heavy atom. The van der Waals surface area contributed by atoms with Crippen LogP contribution in [0.15, 0.2) is 34.2 Å². The second kappa shape index (κ2) is 13.0. The quantitative estimate of drug-likeness (QED) is 0.222. The Morgan fingerprint density at radius 1 is 1.41 bits per heavy atom. The number of guanidine groups is 1. The van der Waals surface area contributed by atoms with Gasteiger partial charge in [-0.15, -0.1) is 24.0 Å². The molecule has 166 valence electrons. The van der Waals surface area contributed by atoms with Gasteiger partial charge in [-0.1, -0.05) is 26.0 Å².